The van der Waals surface area contributed by atoms with E-state index >= 15 is 0 Å². The maximum Gasteiger partial charge on any atom is 0.00501 e. The van der Waals surface area contributed by atoms with Crippen LogP contribution >= 0.6 is 0 Å². The highest BCUT2D eigenvalue weighted by atomic mass is 14.2. The predicted molar refractivity (Wildman–Crippen MR) is 171 cm³/mol. The van der Waals surface area contributed by atoms with Gasteiger partial charge in [0.2, 0.25) is 0 Å². The summed E-state index contributed by atoms with van der Waals surface area (Å²) in [5.41, 5.74) is 8.46. The van der Waals surface area contributed by atoms with Gasteiger partial charge in [0.25, 0.3) is 0 Å². The first-order chi connectivity index (χ1) is 18.6. The van der Waals surface area contributed by atoms with E-state index in [1.807, 2.05) is 30.4 Å². The van der Waals surface area contributed by atoms with E-state index in [0.717, 1.165) is 12.0 Å². The van der Waals surface area contributed by atoms with Crippen molar-refractivity contribution in [3.05, 3.63) is 158 Å². The van der Waals surface area contributed by atoms with Gasteiger partial charge in [-0.3, -0.25) is 0 Å². The van der Waals surface area contributed by atoms with Crippen LogP contribution in [0.1, 0.15) is 42.9 Å². The Morgan fingerprint density at radius 2 is 1.45 bits per heavy atom. The first-order valence-electron chi connectivity index (χ1n) is 13.2. The minimum Gasteiger partial charge on any atom is -0.103 e. The topological polar surface area (TPSA) is 0 Å². The van der Waals surface area contributed by atoms with Crippen LogP contribution in [0.25, 0.3) is 43.8 Å². The summed E-state index contributed by atoms with van der Waals surface area (Å²) in [6.45, 7) is 20.3. The SMILES string of the molecule is C=C/C=C\C=C(/C)c1cc(-c2c3ccccc3c(/C(C=C)=C/C)c3ccccc23)cc(C(C=C)CC=C)c1. The normalized spacial score (nSPS) is 13.1. The van der Waals surface area contributed by atoms with Crippen LogP contribution in [0, 0.1) is 0 Å². The first-order valence-corrected chi connectivity index (χ1v) is 13.2. The molecule has 38 heavy (non-hydrogen) atoms. The molecule has 4 aromatic carbocycles. The molecule has 0 heteroatoms. The van der Waals surface area contributed by atoms with Crippen LogP contribution in [0.3, 0.4) is 0 Å². The molecule has 0 saturated carbocycles. The number of hydrogen-bond donors (Lipinski definition) is 0. The van der Waals surface area contributed by atoms with Gasteiger partial charge in [0.05, 0.1) is 0 Å². The fourth-order valence-electron chi connectivity index (χ4n) is 5.28. The highest BCUT2D eigenvalue weighted by molar-refractivity contribution is 6.19. The lowest BCUT2D eigenvalue weighted by molar-refractivity contribution is 0.867. The van der Waals surface area contributed by atoms with E-state index in [1.165, 1.54) is 54.9 Å². The summed E-state index contributed by atoms with van der Waals surface area (Å²) in [6.07, 6.45) is 16.9. The predicted octanol–water partition coefficient (Wildman–Crippen LogP) is 11.2. The summed E-state index contributed by atoms with van der Waals surface area (Å²) in [7, 11) is 0. The Morgan fingerprint density at radius 3 is 1.97 bits per heavy atom. The lowest BCUT2D eigenvalue weighted by atomic mass is 9.83. The smallest absolute Gasteiger partial charge is 0.00501 e. The summed E-state index contributed by atoms with van der Waals surface area (Å²) >= 11 is 0. The Labute approximate surface area is 228 Å². The number of fused-ring (bicyclic) bond motifs is 2. The average molecular weight is 493 g/mol. The van der Waals surface area contributed by atoms with E-state index in [2.05, 4.69) is 119 Å². The van der Waals surface area contributed by atoms with Crippen LogP contribution in [-0.4, -0.2) is 0 Å². The number of benzene rings is 4. The van der Waals surface area contributed by atoms with Crippen LogP contribution in [0.4, 0.5) is 0 Å². The van der Waals surface area contributed by atoms with Crippen molar-refractivity contribution < 1.29 is 0 Å². The monoisotopic (exact) mass is 492 g/mol. The molecule has 1 atom stereocenters. The Kier molecular flexibility index (Phi) is 8.56. The molecule has 0 bridgehead atoms. The van der Waals surface area contributed by atoms with Crippen LogP contribution in [0.2, 0.25) is 0 Å². The van der Waals surface area contributed by atoms with E-state index in [4.69, 9.17) is 0 Å². The fourth-order valence-corrected chi connectivity index (χ4v) is 5.28. The van der Waals surface area contributed by atoms with Crippen LogP contribution < -0.4 is 0 Å². The molecular formula is C38H36. The van der Waals surface area contributed by atoms with E-state index in [1.54, 1.807) is 6.08 Å². The molecule has 0 fully saturated rings. The van der Waals surface area contributed by atoms with Crippen molar-refractivity contribution in [2.24, 2.45) is 0 Å². The van der Waals surface area contributed by atoms with Gasteiger partial charge in [-0.25, -0.2) is 0 Å². The molecule has 4 rings (SSSR count). The van der Waals surface area contributed by atoms with Gasteiger partial charge in [0.15, 0.2) is 0 Å². The molecule has 0 aliphatic carbocycles. The molecule has 0 heterocycles. The van der Waals surface area contributed by atoms with E-state index in [9.17, 15) is 0 Å². The second-order valence-electron chi connectivity index (χ2n) is 9.47. The van der Waals surface area contributed by atoms with Crippen LogP contribution in [-0.2, 0) is 0 Å². The molecule has 4 aromatic rings. The third-order valence-corrected chi connectivity index (χ3v) is 7.18. The minimum absolute atomic E-state index is 0.190. The quantitative estimate of drug-likeness (QED) is 0.117. The van der Waals surface area contributed by atoms with Crippen molar-refractivity contribution >= 4 is 32.7 Å². The highest BCUT2D eigenvalue weighted by Gasteiger charge is 2.18. The van der Waals surface area contributed by atoms with Gasteiger partial charge in [-0.1, -0.05) is 122 Å². The summed E-state index contributed by atoms with van der Waals surface area (Å²) < 4.78 is 0. The Bertz CT molecular complexity index is 1560. The van der Waals surface area contributed by atoms with Crippen LogP contribution in [0.15, 0.2) is 142 Å². The largest absolute Gasteiger partial charge is 0.103 e. The van der Waals surface area contributed by atoms with Gasteiger partial charge >= 0.3 is 0 Å². The van der Waals surface area contributed by atoms with Gasteiger partial charge < -0.3 is 0 Å². The molecule has 0 saturated heterocycles. The van der Waals surface area contributed by atoms with Crippen molar-refractivity contribution in [2.45, 2.75) is 26.2 Å². The molecule has 0 spiro atoms. The van der Waals surface area contributed by atoms with E-state index in [0.29, 0.717) is 0 Å². The molecule has 0 radical (unpaired) electrons. The van der Waals surface area contributed by atoms with Crippen molar-refractivity contribution in [3.63, 3.8) is 0 Å². The lowest BCUT2D eigenvalue weighted by Gasteiger charge is -2.20. The molecule has 0 aliphatic rings. The van der Waals surface area contributed by atoms with Gasteiger partial charge in [0.1, 0.15) is 0 Å². The van der Waals surface area contributed by atoms with Gasteiger partial charge in [-0.2, -0.15) is 0 Å². The fraction of sp³-hybridized carbons (Fsp3) is 0.105. The Hall–Kier alpha value is -4.42. The third-order valence-electron chi connectivity index (χ3n) is 7.18. The first kappa shape index (κ1) is 26.6. The number of hydrogen-bond acceptors (Lipinski definition) is 0. The van der Waals surface area contributed by atoms with Crippen molar-refractivity contribution in [1.82, 2.24) is 0 Å². The number of rotatable bonds is 10. The summed E-state index contributed by atoms with van der Waals surface area (Å²) in [4.78, 5) is 0. The zero-order valence-electron chi connectivity index (χ0n) is 22.6. The zero-order chi connectivity index (χ0) is 27.1. The molecule has 0 aromatic heterocycles. The average Bonchev–Trinajstić information content (AvgIpc) is 2.95. The van der Waals surface area contributed by atoms with Gasteiger partial charge in [-0.05, 0) is 86.8 Å². The summed E-state index contributed by atoms with van der Waals surface area (Å²) in [6, 6.07) is 24.4. The minimum atomic E-state index is 0.190. The number of allylic oxidation sites excluding steroid dienone is 10. The summed E-state index contributed by atoms with van der Waals surface area (Å²) in [5.74, 6) is 0.190. The lowest BCUT2D eigenvalue weighted by Crippen LogP contribution is -1.98. The van der Waals surface area contributed by atoms with Gasteiger partial charge in [-0.15, -0.1) is 13.2 Å². The van der Waals surface area contributed by atoms with Gasteiger partial charge in [0, 0.05) is 5.92 Å². The second-order valence-corrected chi connectivity index (χ2v) is 9.47. The van der Waals surface area contributed by atoms with Crippen molar-refractivity contribution in [3.8, 4) is 11.1 Å². The molecule has 188 valence electrons. The van der Waals surface area contributed by atoms with E-state index < -0.39 is 0 Å². The maximum atomic E-state index is 4.14. The Balaban J connectivity index is 2.15. The standard InChI is InChI=1S/C38H36/c1-7-12-13-19-27(6)30-24-31(29(11-5)18-8-2)26-32(25-30)38-35-22-16-14-20-33(35)37(28(9-3)10-4)34-21-15-17-23-36(34)38/h7-17,19-26,29H,1-3,5,18H2,4,6H3/b13-12-,27-19+,28-10+. The molecular weight excluding hydrogens is 456 g/mol. The third kappa shape index (κ3) is 5.17. The highest BCUT2D eigenvalue weighted by Crippen LogP contribution is 2.43. The Morgan fingerprint density at radius 1 is 0.816 bits per heavy atom. The molecule has 0 nitrogen and oxygen atoms in total. The zero-order valence-corrected chi connectivity index (χ0v) is 22.6. The van der Waals surface area contributed by atoms with Crippen LogP contribution in [0.5, 0.6) is 0 Å². The second kappa shape index (κ2) is 12.2. The maximum absolute atomic E-state index is 4.14. The van der Waals surface area contributed by atoms with Crippen molar-refractivity contribution in [1.29, 1.82) is 0 Å². The molecule has 0 aliphatic heterocycles. The molecule has 0 N–H and O–H groups in total. The summed E-state index contributed by atoms with van der Waals surface area (Å²) in [5, 5.41) is 4.93. The molecule has 1 unspecified atom stereocenters. The molecule has 0 amide bonds. The van der Waals surface area contributed by atoms with Crippen molar-refractivity contribution in [2.75, 3.05) is 0 Å². The van der Waals surface area contributed by atoms with E-state index in [-0.39, 0.29) is 5.92 Å².